The number of hydrogen-bond acceptors (Lipinski definition) is 26. The number of aromatic hydroxyl groups is 3. The smallest absolute Gasteiger partial charge is 0.264 e. The maximum atomic E-state index is 16.4. The number of sulfonamides is 1. The maximum absolute atomic E-state index is 16.4. The van der Waals surface area contributed by atoms with Crippen LogP contribution in [-0.2, 0) is 53.1 Å². The molecule has 6 aromatic carbocycles. The normalized spacial score (nSPS) is 28.1. The van der Waals surface area contributed by atoms with Crippen LogP contribution in [0, 0.1) is 29.6 Å². The third-order valence-electron chi connectivity index (χ3n) is 21.9. The van der Waals surface area contributed by atoms with Gasteiger partial charge in [0.25, 0.3) is 10.0 Å². The molecule has 0 aromatic heterocycles. The largest absolute Gasteiger partial charge is 0.508 e. The average Bonchev–Trinajstić information content (AvgIpc) is 0.924. The Morgan fingerprint density at radius 2 is 1.23 bits per heavy atom. The van der Waals surface area contributed by atoms with E-state index < -0.39 is 222 Å². The number of aliphatic hydroxyl groups is 6. The van der Waals surface area contributed by atoms with Crippen LogP contribution in [0.5, 0.6) is 51.7 Å². The van der Waals surface area contributed by atoms with Crippen molar-refractivity contribution in [3.05, 3.63) is 141 Å². The zero-order valence-corrected chi connectivity index (χ0v) is 64.6. The summed E-state index contributed by atoms with van der Waals surface area (Å²) in [6.45, 7) is 3.24. The van der Waals surface area contributed by atoms with Crippen molar-refractivity contribution in [2.75, 3.05) is 33.9 Å². The van der Waals surface area contributed by atoms with Crippen molar-refractivity contribution in [1.82, 2.24) is 52.6 Å². The van der Waals surface area contributed by atoms with Gasteiger partial charge < -0.3 is 117 Å². The quantitative estimate of drug-likeness (QED) is 0.0549. The molecule has 15 bridgehead atoms. The number of carbonyl (C=O) groups is 8. The van der Waals surface area contributed by atoms with Crippen LogP contribution >= 0.6 is 23.2 Å². The molecular formula is C78H88Cl2N10O24S. The highest BCUT2D eigenvalue weighted by molar-refractivity contribution is 7.90. The minimum Gasteiger partial charge on any atom is -0.508 e. The zero-order valence-electron chi connectivity index (χ0n) is 62.2. The molecule has 8 amide bonds. The number of carbonyl (C=O) groups excluding carboxylic acids is 8. The number of phenols is 3. The van der Waals surface area contributed by atoms with Gasteiger partial charge in [0.2, 0.25) is 59.3 Å². The fourth-order valence-electron chi connectivity index (χ4n) is 16.4. The van der Waals surface area contributed by atoms with E-state index in [9.17, 15) is 64.0 Å². The molecule has 0 spiro atoms. The van der Waals surface area contributed by atoms with Crippen LogP contribution in [0.15, 0.2) is 108 Å². The van der Waals surface area contributed by atoms with Crippen molar-refractivity contribution in [1.29, 1.82) is 0 Å². The van der Waals surface area contributed by atoms with Gasteiger partial charge in [-0.3, -0.25) is 38.4 Å². The molecular weight excluding hydrogens is 1560 g/mol. The van der Waals surface area contributed by atoms with Crippen molar-refractivity contribution in [2.24, 2.45) is 29.6 Å². The Kier molecular flexibility index (Phi) is 24.7. The van der Waals surface area contributed by atoms with Gasteiger partial charge in [0.1, 0.15) is 114 Å². The molecule has 4 aliphatic carbocycles. The molecule has 34 nitrogen and oxygen atoms in total. The number of ether oxygens (including phenoxy) is 5. The third-order valence-corrected chi connectivity index (χ3v) is 23.9. The first-order valence-electron chi connectivity index (χ1n) is 37.4. The summed E-state index contributed by atoms with van der Waals surface area (Å²) < 4.78 is 61.1. The first kappa shape index (κ1) is 82.8. The monoisotopic (exact) mass is 1650 g/mol. The first-order chi connectivity index (χ1) is 54.8. The number of fused-ring (bicyclic) bond motifs is 15. The van der Waals surface area contributed by atoms with Gasteiger partial charge in [0.15, 0.2) is 11.5 Å². The number of amides is 8. The molecule has 1 saturated heterocycles. The summed E-state index contributed by atoms with van der Waals surface area (Å²) in [7, 11) is -1.76. The fraction of sp³-hybridized carbons (Fsp3) is 0.436. The van der Waals surface area contributed by atoms with Gasteiger partial charge in [-0.05, 0) is 189 Å². The Labute approximate surface area is 668 Å². The molecule has 5 fully saturated rings. The van der Waals surface area contributed by atoms with E-state index in [1.54, 1.807) is 20.9 Å². The number of aliphatic hydroxyl groups excluding tert-OH is 6. The van der Waals surface area contributed by atoms with E-state index in [1.165, 1.54) is 31.3 Å². The van der Waals surface area contributed by atoms with E-state index in [0.29, 0.717) is 18.4 Å². The van der Waals surface area contributed by atoms with Crippen LogP contribution in [0.1, 0.15) is 117 Å². The molecule has 4 saturated carbocycles. The number of halogens is 2. The summed E-state index contributed by atoms with van der Waals surface area (Å²) in [5.41, 5.74) is -2.38. The lowest BCUT2D eigenvalue weighted by atomic mass is 9.54. The number of benzene rings is 6. The standard InChI is InChI=1S/C78H88Cl2N10O24S/c1-32(2)17-48(82-4)71(101)88-63-65(96)36-6-13-52(46(79)24-36)111-54-26-40-27-55(70(54)114-78-69(100)68(99)67(98)56(31-91)113-78)112-53-14-7-37(25-47(53)80)66(97)64-77(107)87-62(75(105)84-59-38-19-33-18-34(21-38)22-39(59)20-33)45-28-41(92)29-51(94)58(45)44-23-35(5-12-50(44)93)60(73(103)89-64)86-74(104)61(40)85-72(102)49(83-76(63)106)30-57(95)90-115(108,109)43-10-8-42(9-11-43)110-16-15-81-3/h5-14,23-29,32-34,38-39,48-49,56,59-69,78,81-82,91-94,96-100H,15-22,30-31H2,1-4H3,(H,83,106)(H,84,105)(H,85,102)(H,86,104)(H,87,107)(H,88,101)(H,89,103)(H,90,95)/t33?,34?,38?,39?,48-,49+,56-,59?,60-,61-,62+,63-,64+,65-,66-,67-,68+,69-,78+/m1/s1. The third kappa shape index (κ3) is 17.7. The van der Waals surface area contributed by atoms with Crippen molar-refractivity contribution in [3.63, 3.8) is 0 Å². The molecule has 6 aliphatic heterocycles. The molecule has 10 aliphatic rings. The highest BCUT2D eigenvalue weighted by Gasteiger charge is 2.51. The Morgan fingerprint density at radius 3 is 1.84 bits per heavy atom. The summed E-state index contributed by atoms with van der Waals surface area (Å²) in [6.07, 6.45) is -11.2. The molecule has 19 N–H and O–H groups in total. The van der Waals surface area contributed by atoms with Crippen LogP contribution in [0.25, 0.3) is 11.1 Å². The predicted octanol–water partition coefficient (Wildman–Crippen LogP) is 2.34. The van der Waals surface area contributed by atoms with Crippen LogP contribution in [0.3, 0.4) is 0 Å². The van der Waals surface area contributed by atoms with Crippen molar-refractivity contribution < 1.29 is 116 Å². The van der Waals surface area contributed by atoms with E-state index in [-0.39, 0.29) is 75.7 Å². The predicted molar refractivity (Wildman–Crippen MR) is 406 cm³/mol. The summed E-state index contributed by atoms with van der Waals surface area (Å²) >= 11 is 14.2. The van der Waals surface area contributed by atoms with E-state index in [2.05, 4.69) is 47.9 Å². The lowest BCUT2D eigenvalue weighted by Crippen LogP contribution is -2.60. The summed E-state index contributed by atoms with van der Waals surface area (Å²) in [4.78, 5) is 123. The van der Waals surface area contributed by atoms with Gasteiger partial charge >= 0.3 is 0 Å². The average molecular weight is 1650 g/mol. The minimum atomic E-state index is -4.90. The molecule has 16 rings (SSSR count). The second-order valence-corrected chi connectivity index (χ2v) is 32.8. The number of likely N-dealkylation sites (N-methyl/N-ethyl adjacent to an activating group) is 2. The summed E-state index contributed by atoms with van der Waals surface area (Å²) in [6, 6.07) is 4.07. The molecule has 6 heterocycles. The SMILES string of the molecule is CNCCOc1ccc(S(=O)(=O)NC(=O)C[C@@H]2NC(=O)[C@H](NC(=O)[C@@H](CC(C)C)NC)[C@H](O)c3ccc(c(Cl)c3)Oc3cc4cc(c3O[C@@H]3O[C@H](CO)[C@@H](O)[C@H](O)[C@H]3O)Oc3ccc(cc3Cl)[C@@H](O)[C@@H]3NC(=O)[C@H](NC(=O)[C@@H]4NC2=O)c2ccc(O)c(c2)-c2c(O)cc(O)cc2[C@@H](C(=O)NC2C4CC5CC(C4)CC2C5)NC3=O)cc1. The Balaban J connectivity index is 1.000. The van der Waals surface area contributed by atoms with E-state index >= 15 is 28.8 Å². The molecule has 6 aromatic rings. The summed E-state index contributed by atoms with van der Waals surface area (Å²) in [5, 5.41) is 128. The van der Waals surface area contributed by atoms with Crippen LogP contribution in [-0.4, -0.2) is 196 Å². The molecule has 0 radical (unpaired) electrons. The molecule has 115 heavy (non-hydrogen) atoms. The fourth-order valence-corrected chi connectivity index (χ4v) is 17.8. The molecule has 614 valence electrons. The van der Waals surface area contributed by atoms with Crippen LogP contribution in [0.2, 0.25) is 10.0 Å². The van der Waals surface area contributed by atoms with Crippen molar-refractivity contribution >= 4 is 80.5 Å². The maximum Gasteiger partial charge on any atom is 0.264 e. The van der Waals surface area contributed by atoms with Gasteiger partial charge in [-0.15, -0.1) is 0 Å². The van der Waals surface area contributed by atoms with E-state index in [0.717, 1.165) is 111 Å². The van der Waals surface area contributed by atoms with E-state index in [1.807, 2.05) is 4.72 Å². The number of phenolic OH excluding ortho intramolecular Hbond substituents is 3. The van der Waals surface area contributed by atoms with Gasteiger partial charge in [-0.25, -0.2) is 13.1 Å². The number of hydrogen-bond donors (Lipinski definition) is 19. The Morgan fingerprint density at radius 1 is 0.626 bits per heavy atom. The first-order valence-corrected chi connectivity index (χ1v) is 39.6. The lowest BCUT2D eigenvalue weighted by molar-refractivity contribution is -0.277. The highest BCUT2D eigenvalue weighted by Crippen LogP contribution is 2.55. The molecule has 14 atom stereocenters. The van der Waals surface area contributed by atoms with Gasteiger partial charge in [-0.1, -0.05) is 55.2 Å². The number of nitrogens with one attached hydrogen (secondary N) is 10. The van der Waals surface area contributed by atoms with Gasteiger partial charge in [0, 0.05) is 29.8 Å². The lowest BCUT2D eigenvalue weighted by Gasteiger charge is -2.54. The number of rotatable bonds is 18. The van der Waals surface area contributed by atoms with Crippen molar-refractivity contribution in [3.8, 4) is 62.9 Å². The van der Waals surface area contributed by atoms with Crippen LogP contribution in [0.4, 0.5) is 0 Å². The van der Waals surface area contributed by atoms with Gasteiger partial charge in [0.05, 0.1) is 34.0 Å². The topological polar surface area (TPSA) is 519 Å². The molecule has 0 unspecified atom stereocenters. The zero-order chi connectivity index (χ0) is 82.3. The highest BCUT2D eigenvalue weighted by atomic mass is 35.5. The second-order valence-electron chi connectivity index (χ2n) is 30.3. The summed E-state index contributed by atoms with van der Waals surface area (Å²) in [5.74, 6) is -14.1. The van der Waals surface area contributed by atoms with E-state index in [4.69, 9.17) is 46.9 Å². The minimum absolute atomic E-state index is 0.0568. The molecule has 37 heteroatoms. The van der Waals surface area contributed by atoms with Gasteiger partial charge in [-0.2, -0.15) is 0 Å². The van der Waals surface area contributed by atoms with Crippen molar-refractivity contribution in [2.45, 2.75) is 155 Å². The Bertz CT molecular complexity index is 4860. The second kappa shape index (κ2) is 34.3. The van der Waals surface area contributed by atoms with Crippen LogP contribution < -0.4 is 71.5 Å². The Hall–Kier alpha value is -10.2.